The number of nitrogens with one attached hydrogen (secondary N) is 1. The van der Waals surface area contributed by atoms with Crippen LogP contribution in [0.3, 0.4) is 0 Å². The van der Waals surface area contributed by atoms with Gasteiger partial charge >= 0.3 is 6.03 Å². The molecule has 0 aliphatic carbocycles. The number of benzene rings is 2. The van der Waals surface area contributed by atoms with Crippen molar-refractivity contribution in [3.63, 3.8) is 0 Å². The van der Waals surface area contributed by atoms with Crippen molar-refractivity contribution in [2.75, 3.05) is 21.3 Å². The van der Waals surface area contributed by atoms with Crippen LogP contribution in [0.15, 0.2) is 59.8 Å². The molecule has 0 saturated heterocycles. The van der Waals surface area contributed by atoms with Crippen LogP contribution in [0.4, 0.5) is 4.79 Å². The average Bonchev–Trinajstić information content (AvgIpc) is 2.98. The molecule has 1 N–H and O–H groups in total. The number of fused-ring (bicyclic) bond motifs is 1. The van der Waals surface area contributed by atoms with Crippen LogP contribution >= 0.6 is 0 Å². The zero-order valence-corrected chi connectivity index (χ0v) is 19.5. The smallest absolute Gasteiger partial charge is 0.337 e. The lowest BCUT2D eigenvalue weighted by atomic mass is 9.93. The van der Waals surface area contributed by atoms with Gasteiger partial charge in [-0.3, -0.25) is 4.98 Å². The summed E-state index contributed by atoms with van der Waals surface area (Å²) in [6, 6.07) is 15.7. The van der Waals surface area contributed by atoms with Crippen LogP contribution in [0.1, 0.15) is 29.3 Å². The fourth-order valence-corrected chi connectivity index (χ4v) is 4.01. The quantitative estimate of drug-likeness (QED) is 0.647. The van der Waals surface area contributed by atoms with Gasteiger partial charge in [0.2, 0.25) is 0 Å². The first-order valence-corrected chi connectivity index (χ1v) is 10.8. The Kier molecular flexibility index (Phi) is 6.31. The maximum absolute atomic E-state index is 12.6. The third-order valence-electron chi connectivity index (χ3n) is 5.83. The van der Waals surface area contributed by atoms with E-state index >= 15 is 0 Å². The Morgan fingerprint density at radius 3 is 2.24 bits per heavy atom. The number of ether oxygens (including phenoxy) is 2. The normalized spacial score (nSPS) is 15.2. The number of carbonyl (C=O) groups excluding carboxylic acids is 1. The molecule has 0 spiro atoms. The lowest BCUT2D eigenvalue weighted by molar-refractivity contribution is 0.184. The van der Waals surface area contributed by atoms with E-state index in [1.165, 1.54) is 5.01 Å². The number of nitrogens with zero attached hydrogens (tertiary/aromatic N) is 3. The Balaban J connectivity index is 1.84. The van der Waals surface area contributed by atoms with Crippen molar-refractivity contribution >= 4 is 11.7 Å². The van der Waals surface area contributed by atoms with Crippen molar-refractivity contribution < 1.29 is 14.3 Å². The molecule has 2 heterocycles. The third-order valence-corrected chi connectivity index (χ3v) is 5.83. The maximum Gasteiger partial charge on any atom is 0.337 e. The summed E-state index contributed by atoms with van der Waals surface area (Å²) in [7, 11) is 4.84. The van der Waals surface area contributed by atoms with E-state index in [0.717, 1.165) is 33.5 Å². The first-order chi connectivity index (χ1) is 15.9. The Bertz CT molecular complexity index is 1190. The summed E-state index contributed by atoms with van der Waals surface area (Å²) in [4.78, 5) is 17.0. The van der Waals surface area contributed by atoms with E-state index in [-0.39, 0.29) is 12.1 Å². The lowest BCUT2D eigenvalue weighted by Gasteiger charge is -2.22. The highest BCUT2D eigenvalue weighted by Gasteiger charge is 2.28. The molecule has 7 nitrogen and oxygen atoms in total. The summed E-state index contributed by atoms with van der Waals surface area (Å²) in [6.45, 7) is 3.95. The van der Waals surface area contributed by atoms with Crippen LogP contribution in [0.25, 0.3) is 11.1 Å². The molecule has 7 heteroatoms. The van der Waals surface area contributed by atoms with E-state index in [2.05, 4.69) is 16.4 Å². The highest BCUT2D eigenvalue weighted by Crippen LogP contribution is 2.35. The summed E-state index contributed by atoms with van der Waals surface area (Å²) in [5.41, 5.74) is 6.63. The van der Waals surface area contributed by atoms with Crippen molar-refractivity contribution in [1.29, 1.82) is 0 Å². The van der Waals surface area contributed by atoms with Crippen molar-refractivity contribution in [3.05, 3.63) is 77.1 Å². The molecule has 1 atom stereocenters. The average molecular weight is 445 g/mol. The fraction of sp³-hybridized carbons (Fsp3) is 0.269. The topological polar surface area (TPSA) is 76.1 Å². The number of amides is 2. The van der Waals surface area contributed by atoms with Gasteiger partial charge in [0.05, 0.1) is 26.0 Å². The maximum atomic E-state index is 12.6. The van der Waals surface area contributed by atoms with Crippen LogP contribution in [0, 0.1) is 6.92 Å². The summed E-state index contributed by atoms with van der Waals surface area (Å²) < 4.78 is 11.1. The number of aryl methyl sites for hydroxylation is 1. The first kappa shape index (κ1) is 22.3. The number of hydrogen-bond donors (Lipinski definition) is 1. The Labute approximate surface area is 194 Å². The molecule has 1 aliphatic rings. The van der Waals surface area contributed by atoms with E-state index in [1.807, 2.05) is 62.5 Å². The molecule has 1 aliphatic heterocycles. The van der Waals surface area contributed by atoms with Gasteiger partial charge in [0.1, 0.15) is 0 Å². The number of pyridine rings is 1. The summed E-state index contributed by atoms with van der Waals surface area (Å²) >= 11 is 0. The second kappa shape index (κ2) is 9.32. The van der Waals surface area contributed by atoms with Gasteiger partial charge in [0.15, 0.2) is 11.5 Å². The van der Waals surface area contributed by atoms with Gasteiger partial charge in [0, 0.05) is 35.6 Å². The second-order valence-electron chi connectivity index (χ2n) is 8.03. The predicted octanol–water partition coefficient (Wildman–Crippen LogP) is 4.41. The molecule has 33 heavy (non-hydrogen) atoms. The van der Waals surface area contributed by atoms with Gasteiger partial charge in [-0.1, -0.05) is 30.3 Å². The minimum Gasteiger partial charge on any atom is -0.493 e. The van der Waals surface area contributed by atoms with Crippen molar-refractivity contribution in [2.45, 2.75) is 26.3 Å². The molecule has 0 saturated carbocycles. The minimum absolute atomic E-state index is 0.141. The van der Waals surface area contributed by atoms with E-state index in [4.69, 9.17) is 14.6 Å². The van der Waals surface area contributed by atoms with Crippen LogP contribution < -0.4 is 14.8 Å². The van der Waals surface area contributed by atoms with E-state index in [0.29, 0.717) is 23.6 Å². The van der Waals surface area contributed by atoms with Gasteiger partial charge in [-0.25, -0.2) is 9.80 Å². The van der Waals surface area contributed by atoms with Crippen molar-refractivity contribution in [1.82, 2.24) is 15.3 Å². The number of hydrogen-bond acceptors (Lipinski definition) is 5. The minimum atomic E-state index is -0.255. The number of rotatable bonds is 4. The second-order valence-corrected chi connectivity index (χ2v) is 8.03. The van der Waals surface area contributed by atoms with Gasteiger partial charge in [-0.2, -0.15) is 5.10 Å². The largest absolute Gasteiger partial charge is 0.493 e. The molecule has 4 rings (SSSR count). The van der Waals surface area contributed by atoms with E-state index in [9.17, 15) is 4.79 Å². The Morgan fingerprint density at radius 2 is 1.64 bits per heavy atom. The molecule has 2 aromatic carbocycles. The number of aromatic nitrogens is 1. The number of methoxy groups -OCH3 is 2. The SMILES string of the molecule is CNC(=O)N1N=C(c2ccc(-c3ccc(C)nc3)cc2)c2cc(OC)c(OC)cc2CC1C. The molecule has 0 fully saturated rings. The standard InChI is InChI=1S/C26H28N4O3/c1-16-6-7-20(15-28-16)18-8-10-19(11-9-18)25-22-14-24(33-5)23(32-4)13-21(22)12-17(2)30(29-25)26(31)27-3/h6-11,13-15,17H,12H2,1-5H3,(H,27,31). The molecule has 0 radical (unpaired) electrons. The lowest BCUT2D eigenvalue weighted by Crippen LogP contribution is -2.41. The molecule has 1 aromatic heterocycles. The van der Waals surface area contributed by atoms with Crippen LogP contribution in [-0.4, -0.2) is 49.0 Å². The first-order valence-electron chi connectivity index (χ1n) is 10.8. The van der Waals surface area contributed by atoms with Crippen LogP contribution in [0.5, 0.6) is 11.5 Å². The van der Waals surface area contributed by atoms with E-state index in [1.54, 1.807) is 21.3 Å². The highest BCUT2D eigenvalue weighted by atomic mass is 16.5. The van der Waals surface area contributed by atoms with Crippen LogP contribution in [0.2, 0.25) is 0 Å². The molecular formula is C26H28N4O3. The predicted molar refractivity (Wildman–Crippen MR) is 129 cm³/mol. The third kappa shape index (κ3) is 4.39. The molecule has 0 bridgehead atoms. The summed E-state index contributed by atoms with van der Waals surface area (Å²) in [5, 5.41) is 9.01. The van der Waals surface area contributed by atoms with Crippen molar-refractivity contribution in [3.8, 4) is 22.6 Å². The monoisotopic (exact) mass is 444 g/mol. The van der Waals surface area contributed by atoms with Gasteiger partial charge in [-0.05, 0) is 49.6 Å². The highest BCUT2D eigenvalue weighted by molar-refractivity contribution is 6.14. The molecular weight excluding hydrogens is 416 g/mol. The molecule has 2 amide bonds. The van der Waals surface area contributed by atoms with Gasteiger partial charge in [0.25, 0.3) is 0 Å². The molecule has 170 valence electrons. The van der Waals surface area contributed by atoms with Gasteiger partial charge in [-0.15, -0.1) is 0 Å². The summed E-state index contributed by atoms with van der Waals surface area (Å²) in [6.07, 6.45) is 2.50. The zero-order chi connectivity index (χ0) is 23.5. The van der Waals surface area contributed by atoms with Crippen LogP contribution in [-0.2, 0) is 6.42 Å². The number of urea groups is 1. The Hall–Kier alpha value is -3.87. The molecule has 1 unspecified atom stereocenters. The fourth-order valence-electron chi connectivity index (χ4n) is 4.01. The van der Waals surface area contributed by atoms with Crippen molar-refractivity contribution in [2.24, 2.45) is 5.10 Å². The van der Waals surface area contributed by atoms with Gasteiger partial charge < -0.3 is 14.8 Å². The number of carbonyl (C=O) groups is 1. The molecule has 3 aromatic rings. The zero-order valence-electron chi connectivity index (χ0n) is 19.5. The Morgan fingerprint density at radius 1 is 1.00 bits per heavy atom. The number of hydrazone groups is 1. The summed E-state index contributed by atoms with van der Waals surface area (Å²) in [5.74, 6) is 1.27. The van der Waals surface area contributed by atoms with E-state index < -0.39 is 0 Å².